The van der Waals surface area contributed by atoms with Gasteiger partial charge >= 0.3 is 30.3 Å². The second kappa shape index (κ2) is 8.81. The van der Waals surface area contributed by atoms with E-state index in [1.54, 1.807) is 9.80 Å². The molecule has 0 aliphatic carbocycles. The third-order valence-corrected chi connectivity index (χ3v) is 8.79. The van der Waals surface area contributed by atoms with Crippen molar-refractivity contribution in [1.82, 2.24) is 60.7 Å². The molecule has 20 nitrogen and oxygen atoms in total. The number of hydrogen-bond acceptors (Lipinski definition) is 10. The van der Waals surface area contributed by atoms with Crippen LogP contribution in [0, 0.1) is 9.81 Å². The highest BCUT2D eigenvalue weighted by molar-refractivity contribution is 5.86. The Morgan fingerprint density at radius 1 is 0.600 bits per heavy atom. The molecule has 0 spiro atoms. The Labute approximate surface area is 227 Å². The molecule has 216 valence electrons. The molecule has 7 rings (SSSR count). The van der Waals surface area contributed by atoms with E-state index in [1.165, 1.54) is 29.4 Å². The van der Waals surface area contributed by atoms with Crippen LogP contribution in [0.15, 0.2) is 0 Å². The Morgan fingerprint density at radius 3 is 1.45 bits per heavy atom. The number of hydrogen-bond donors (Lipinski definition) is 4. The Morgan fingerprint density at radius 2 is 1.00 bits per heavy atom. The molecule has 0 unspecified atom stereocenters. The highest BCUT2D eigenvalue weighted by atomic mass is 16.3. The topological polar surface area (TPSA) is 182 Å². The maximum Gasteiger partial charge on any atom is 0.462 e. The van der Waals surface area contributed by atoms with E-state index >= 15 is 0 Å². The van der Waals surface area contributed by atoms with Crippen molar-refractivity contribution in [2.75, 3.05) is 53.1 Å². The molecule has 7 heterocycles. The zero-order chi connectivity index (χ0) is 28.0. The molecule has 40 heavy (non-hydrogen) atoms. The summed E-state index contributed by atoms with van der Waals surface area (Å²) in [5, 5.41) is 6.24. The first-order valence-electron chi connectivity index (χ1n) is 13.4. The average molecular weight is 565 g/mol. The Kier molecular flexibility index (Phi) is 5.53. The van der Waals surface area contributed by atoms with Crippen molar-refractivity contribution in [3.8, 4) is 0 Å². The molecule has 7 aliphatic rings. The highest BCUT2D eigenvalue weighted by Gasteiger charge is 2.66. The van der Waals surface area contributed by atoms with Crippen molar-refractivity contribution in [1.29, 1.82) is 0 Å². The van der Waals surface area contributed by atoms with E-state index in [0.29, 0.717) is 22.6 Å². The maximum absolute atomic E-state index is 13.6. The van der Waals surface area contributed by atoms with Crippen molar-refractivity contribution >= 4 is 24.1 Å². The lowest BCUT2D eigenvalue weighted by Gasteiger charge is -2.35. The van der Waals surface area contributed by atoms with E-state index in [0.717, 1.165) is 0 Å². The first kappa shape index (κ1) is 25.1. The zero-order valence-electron chi connectivity index (χ0n) is 22.0. The lowest BCUT2D eigenvalue weighted by atomic mass is 10.3. The molecule has 4 N–H and O–H groups in total. The van der Waals surface area contributed by atoms with Crippen LogP contribution in [-0.2, 0) is 0 Å². The number of amides is 8. The van der Waals surface area contributed by atoms with E-state index in [2.05, 4.69) is 21.5 Å². The van der Waals surface area contributed by atoms with Crippen LogP contribution in [0.5, 0.6) is 0 Å². The largest absolute Gasteiger partial charge is 0.462 e. The predicted octanol–water partition coefficient (Wildman–Crippen LogP) is -3.45. The van der Waals surface area contributed by atoms with E-state index in [4.69, 9.17) is 0 Å². The number of nitroso groups, excluding NO2 is 2. The standard InChI is InChI=1S/C20H32N14O6/c1-3-25-13-14-27(17(25)35)5-21-11(22-6-28(14)18(36)26(13)4-2)12-33(39)9-31-16-15-29(19(31)37)7-23-24-8-30(15)20(38)32(16)10-34(12)40/h11-16,21-24H,3-10H2,1-2H3/q+2. The molecule has 0 atom stereocenters. The number of urea groups is 4. The number of likely N-dealkylation sites (N-methyl/N-ethyl adjacent to an activating group) is 2. The molecule has 0 saturated carbocycles. The fourth-order valence-electron chi connectivity index (χ4n) is 7.01. The predicted molar refractivity (Wildman–Crippen MR) is 129 cm³/mol. The minimum Gasteiger partial charge on any atom is -0.300 e. The number of nitrogens with one attached hydrogen (secondary N) is 4. The van der Waals surface area contributed by atoms with Crippen LogP contribution in [-0.4, -0.2) is 163 Å². The van der Waals surface area contributed by atoms with Crippen LogP contribution < -0.4 is 21.5 Å². The Bertz CT molecular complexity index is 1120. The van der Waals surface area contributed by atoms with Gasteiger partial charge in [0.25, 0.3) is 13.3 Å². The second-order valence-electron chi connectivity index (χ2n) is 10.6. The van der Waals surface area contributed by atoms with Gasteiger partial charge in [0.2, 0.25) is 6.17 Å². The lowest BCUT2D eigenvalue weighted by Crippen LogP contribution is -2.68. The third-order valence-electron chi connectivity index (χ3n) is 8.79. The summed E-state index contributed by atoms with van der Waals surface area (Å²) >= 11 is 0. The molecule has 20 heteroatoms. The SMILES string of the molecule is CCN1C(=O)N2CNC(C3[N+](=O)CN4C(=O)N5CNNCN6C(=O)N(C[N+]3=O)C4C56)NCN3C(=O)N(CC)C1C23. The van der Waals surface area contributed by atoms with Crippen LogP contribution in [0.2, 0.25) is 0 Å². The highest BCUT2D eigenvalue weighted by Crippen LogP contribution is 2.37. The van der Waals surface area contributed by atoms with Gasteiger partial charge in [0.15, 0.2) is 18.5 Å². The molecule has 0 aromatic rings. The van der Waals surface area contributed by atoms with Gasteiger partial charge in [-0.15, -0.1) is 0 Å². The summed E-state index contributed by atoms with van der Waals surface area (Å²) in [6, 6.07) is -1.40. The lowest BCUT2D eigenvalue weighted by molar-refractivity contribution is -0.815. The van der Waals surface area contributed by atoms with Crippen LogP contribution in [0.4, 0.5) is 19.2 Å². The quantitative estimate of drug-likeness (QED) is 0.252. The van der Waals surface area contributed by atoms with Gasteiger partial charge in [-0.1, -0.05) is 0 Å². The van der Waals surface area contributed by atoms with Gasteiger partial charge in [-0.05, 0) is 13.8 Å². The summed E-state index contributed by atoms with van der Waals surface area (Å²) in [7, 11) is 0. The summed E-state index contributed by atoms with van der Waals surface area (Å²) in [5.74, 6) is 0. The van der Waals surface area contributed by atoms with Crippen molar-refractivity contribution in [2.45, 2.75) is 50.8 Å². The number of nitrogens with zero attached hydrogens (tertiary/aromatic N) is 10. The maximum atomic E-state index is 13.6. The van der Waals surface area contributed by atoms with Gasteiger partial charge in [-0.2, -0.15) is 0 Å². The monoisotopic (exact) mass is 564 g/mol. The van der Waals surface area contributed by atoms with Gasteiger partial charge in [-0.3, -0.25) is 30.2 Å². The van der Waals surface area contributed by atoms with Crippen molar-refractivity contribution in [3.63, 3.8) is 0 Å². The number of carbonyl (C=O) groups excluding carboxylic acids is 4. The zero-order valence-corrected chi connectivity index (χ0v) is 22.0. The van der Waals surface area contributed by atoms with Gasteiger partial charge in [0.05, 0.1) is 36.2 Å². The van der Waals surface area contributed by atoms with Crippen LogP contribution in [0.1, 0.15) is 13.8 Å². The normalized spacial score (nSPS) is 35.9. The summed E-state index contributed by atoms with van der Waals surface area (Å²) in [6.07, 6.45) is -4.91. The van der Waals surface area contributed by atoms with Gasteiger partial charge in [-0.25, -0.2) is 39.8 Å². The molecule has 8 amide bonds. The number of carbonyl (C=O) groups is 4. The van der Waals surface area contributed by atoms with Crippen LogP contribution >= 0.6 is 0 Å². The van der Waals surface area contributed by atoms with E-state index < -0.39 is 62.4 Å². The smallest absolute Gasteiger partial charge is 0.300 e. The first-order chi connectivity index (χ1) is 19.3. The minimum absolute atomic E-state index is 0.0391. The van der Waals surface area contributed by atoms with Crippen molar-refractivity contribution in [2.24, 2.45) is 0 Å². The number of rotatable bonds is 3. The van der Waals surface area contributed by atoms with Gasteiger partial charge < -0.3 is 9.80 Å². The number of hydrazine groups is 1. The molecule has 0 aromatic carbocycles. The Hall–Kier alpha value is -3.88. The first-order valence-corrected chi connectivity index (χ1v) is 13.4. The molecule has 7 fully saturated rings. The minimum atomic E-state index is -1.43. The second-order valence-corrected chi connectivity index (χ2v) is 10.6. The molecular weight excluding hydrogens is 532 g/mol. The van der Waals surface area contributed by atoms with Gasteiger partial charge in [0.1, 0.15) is 6.17 Å². The third kappa shape index (κ3) is 3.14. The molecule has 7 saturated heterocycles. The van der Waals surface area contributed by atoms with Crippen LogP contribution in [0.25, 0.3) is 0 Å². The van der Waals surface area contributed by atoms with Gasteiger partial charge in [0, 0.05) is 22.9 Å². The fraction of sp³-hybridized carbons (Fsp3) is 0.800. The summed E-state index contributed by atoms with van der Waals surface area (Å²) in [5.41, 5.74) is 5.75. The molecule has 0 aromatic heterocycles. The molecule has 0 bridgehead atoms. The molecule has 7 aliphatic heterocycles. The van der Waals surface area contributed by atoms with Crippen molar-refractivity contribution < 1.29 is 28.7 Å². The summed E-state index contributed by atoms with van der Waals surface area (Å²) in [6.45, 7) is 3.73. The fourth-order valence-corrected chi connectivity index (χ4v) is 7.01. The molecule has 0 radical (unpaired) electrons. The van der Waals surface area contributed by atoms with E-state index in [1.807, 2.05) is 13.8 Å². The van der Waals surface area contributed by atoms with E-state index in [-0.39, 0.29) is 38.7 Å². The van der Waals surface area contributed by atoms with Crippen LogP contribution in [0.3, 0.4) is 0 Å². The Balaban J connectivity index is 1.18. The summed E-state index contributed by atoms with van der Waals surface area (Å²) in [4.78, 5) is 92.2. The summed E-state index contributed by atoms with van der Waals surface area (Å²) < 4.78 is 1.02. The average Bonchev–Trinajstić information content (AvgIpc) is 3.44. The van der Waals surface area contributed by atoms with Crippen molar-refractivity contribution in [3.05, 3.63) is 9.81 Å². The van der Waals surface area contributed by atoms with E-state index in [9.17, 15) is 29.0 Å². The molecular formula is C20H32N14O6+2.